The summed E-state index contributed by atoms with van der Waals surface area (Å²) in [5, 5.41) is 2.47. The molecule has 0 spiro atoms. The molecule has 1 fully saturated rings. The van der Waals surface area contributed by atoms with Crippen LogP contribution in [0, 0.1) is 0 Å². The second-order valence-corrected chi connectivity index (χ2v) is 4.35. The van der Waals surface area contributed by atoms with Gasteiger partial charge in [-0.25, -0.2) is 4.79 Å². The fourth-order valence-electron chi connectivity index (χ4n) is 2.14. The fraction of sp³-hybridized carbons (Fsp3) is 0.692. The van der Waals surface area contributed by atoms with E-state index >= 15 is 0 Å². The zero-order chi connectivity index (χ0) is 13.5. The molecule has 0 unspecified atom stereocenters. The Bertz CT molecular complexity index is 338. The molecule has 1 amide bonds. The Morgan fingerprint density at radius 2 is 2.22 bits per heavy atom. The van der Waals surface area contributed by atoms with E-state index in [-0.39, 0.29) is 17.9 Å². The molecular weight excluding hydrogens is 234 g/mol. The first-order chi connectivity index (χ1) is 8.62. The Hall–Kier alpha value is -1.36. The van der Waals surface area contributed by atoms with Crippen LogP contribution in [0.15, 0.2) is 11.3 Å². The van der Waals surface area contributed by atoms with Crippen LogP contribution < -0.4 is 5.32 Å². The maximum absolute atomic E-state index is 11.8. The molecule has 0 radical (unpaired) electrons. The molecular formula is C13H21NO4. The van der Waals surface area contributed by atoms with E-state index in [0.29, 0.717) is 25.9 Å². The number of rotatable bonds is 5. The Morgan fingerprint density at radius 3 is 2.78 bits per heavy atom. The van der Waals surface area contributed by atoms with E-state index in [0.717, 1.165) is 12.0 Å². The first-order valence-electron chi connectivity index (χ1n) is 6.37. The van der Waals surface area contributed by atoms with E-state index in [4.69, 9.17) is 9.47 Å². The first kappa shape index (κ1) is 14.7. The number of carbonyl (C=O) groups excluding carboxylic acids is 2. The lowest BCUT2D eigenvalue weighted by Crippen LogP contribution is -2.31. The highest BCUT2D eigenvalue weighted by Crippen LogP contribution is 2.27. The summed E-state index contributed by atoms with van der Waals surface area (Å²) < 4.78 is 10.7. The largest absolute Gasteiger partial charge is 0.461 e. The third kappa shape index (κ3) is 3.84. The summed E-state index contributed by atoms with van der Waals surface area (Å²) in [6.45, 7) is 6.03. The molecule has 2 atom stereocenters. The standard InChI is InChI=1S/C13H21NO4/c1-4-11-7-10(6-9(3)18-11)12(14-8-15)13(16)17-5-2/h8-9,11H,4-7H2,1-3H3,(H,14,15)/b12-10-/t9-,11-/m1/s1. The molecule has 102 valence electrons. The van der Waals surface area contributed by atoms with Crippen LogP contribution in [0.3, 0.4) is 0 Å². The van der Waals surface area contributed by atoms with Crippen molar-refractivity contribution in [2.75, 3.05) is 6.61 Å². The van der Waals surface area contributed by atoms with Gasteiger partial charge in [-0.15, -0.1) is 0 Å². The van der Waals surface area contributed by atoms with Gasteiger partial charge in [0.1, 0.15) is 5.70 Å². The minimum atomic E-state index is -0.469. The lowest BCUT2D eigenvalue weighted by molar-refractivity contribution is -0.139. The average Bonchev–Trinajstić information content (AvgIpc) is 2.35. The van der Waals surface area contributed by atoms with Crippen molar-refractivity contribution in [2.24, 2.45) is 0 Å². The molecule has 0 bridgehead atoms. The predicted molar refractivity (Wildman–Crippen MR) is 66.7 cm³/mol. The third-order valence-electron chi connectivity index (χ3n) is 2.92. The summed E-state index contributed by atoms with van der Waals surface area (Å²) in [4.78, 5) is 22.4. The number of ether oxygens (including phenoxy) is 2. The van der Waals surface area contributed by atoms with E-state index in [2.05, 4.69) is 5.32 Å². The smallest absolute Gasteiger partial charge is 0.354 e. The molecule has 0 aromatic heterocycles. The lowest BCUT2D eigenvalue weighted by atomic mass is 9.95. The van der Waals surface area contributed by atoms with Crippen molar-refractivity contribution in [3.8, 4) is 0 Å². The van der Waals surface area contributed by atoms with Crippen LogP contribution >= 0.6 is 0 Å². The summed E-state index contributed by atoms with van der Waals surface area (Å²) in [7, 11) is 0. The van der Waals surface area contributed by atoms with Crippen molar-refractivity contribution in [2.45, 2.75) is 52.2 Å². The van der Waals surface area contributed by atoms with Gasteiger partial charge in [-0.05, 0) is 38.7 Å². The molecule has 0 saturated carbocycles. The monoisotopic (exact) mass is 255 g/mol. The first-order valence-corrected chi connectivity index (χ1v) is 6.37. The maximum Gasteiger partial charge on any atom is 0.354 e. The van der Waals surface area contributed by atoms with Crippen molar-refractivity contribution < 1.29 is 19.1 Å². The molecule has 1 heterocycles. The zero-order valence-electron chi connectivity index (χ0n) is 11.2. The van der Waals surface area contributed by atoms with Gasteiger partial charge in [-0.1, -0.05) is 6.92 Å². The van der Waals surface area contributed by atoms with Crippen LogP contribution in [0.25, 0.3) is 0 Å². The number of esters is 1. The Morgan fingerprint density at radius 1 is 1.50 bits per heavy atom. The minimum Gasteiger partial charge on any atom is -0.461 e. The topological polar surface area (TPSA) is 64.6 Å². The number of amides is 1. The highest BCUT2D eigenvalue weighted by molar-refractivity contribution is 5.91. The van der Waals surface area contributed by atoms with E-state index in [1.54, 1.807) is 6.92 Å². The van der Waals surface area contributed by atoms with Gasteiger partial charge >= 0.3 is 5.97 Å². The van der Waals surface area contributed by atoms with Gasteiger partial charge in [0.15, 0.2) is 0 Å². The van der Waals surface area contributed by atoms with E-state index in [1.165, 1.54) is 0 Å². The Kier molecular flexibility index (Phi) is 5.85. The lowest BCUT2D eigenvalue weighted by Gasteiger charge is -2.30. The highest BCUT2D eigenvalue weighted by Gasteiger charge is 2.26. The van der Waals surface area contributed by atoms with Gasteiger partial charge in [0, 0.05) is 0 Å². The van der Waals surface area contributed by atoms with Crippen LogP contribution in [0.1, 0.15) is 40.0 Å². The molecule has 5 nitrogen and oxygen atoms in total. The normalized spacial score (nSPS) is 26.4. The fourth-order valence-corrected chi connectivity index (χ4v) is 2.14. The van der Waals surface area contributed by atoms with Crippen LogP contribution in [0.2, 0.25) is 0 Å². The van der Waals surface area contributed by atoms with Crippen molar-refractivity contribution in [1.82, 2.24) is 5.32 Å². The van der Waals surface area contributed by atoms with Gasteiger partial charge < -0.3 is 14.8 Å². The summed E-state index contributed by atoms with van der Waals surface area (Å²) in [5.41, 5.74) is 1.19. The summed E-state index contributed by atoms with van der Waals surface area (Å²) in [6, 6.07) is 0. The quantitative estimate of drug-likeness (QED) is 0.459. The molecule has 1 saturated heterocycles. The number of carbonyl (C=O) groups is 2. The summed E-state index contributed by atoms with van der Waals surface area (Å²) >= 11 is 0. The predicted octanol–water partition coefficient (Wildman–Crippen LogP) is 1.53. The SMILES string of the molecule is CCOC(=O)/C(NC=O)=C1/C[C@@H](CC)O[C@H](C)C1. The average molecular weight is 255 g/mol. The van der Waals surface area contributed by atoms with Crippen LogP contribution in [-0.4, -0.2) is 31.2 Å². The molecule has 0 aromatic carbocycles. The summed E-state index contributed by atoms with van der Waals surface area (Å²) in [5.74, 6) is -0.469. The third-order valence-corrected chi connectivity index (χ3v) is 2.92. The van der Waals surface area contributed by atoms with E-state index in [1.807, 2.05) is 13.8 Å². The Labute approximate surface area is 108 Å². The van der Waals surface area contributed by atoms with Crippen molar-refractivity contribution >= 4 is 12.4 Å². The van der Waals surface area contributed by atoms with Gasteiger partial charge in [0.2, 0.25) is 6.41 Å². The van der Waals surface area contributed by atoms with Crippen LogP contribution in [0.5, 0.6) is 0 Å². The number of hydrogen-bond acceptors (Lipinski definition) is 4. The second kappa shape index (κ2) is 7.16. The molecule has 5 heteroatoms. The van der Waals surface area contributed by atoms with Crippen molar-refractivity contribution in [3.63, 3.8) is 0 Å². The van der Waals surface area contributed by atoms with Crippen LogP contribution in [0.4, 0.5) is 0 Å². The van der Waals surface area contributed by atoms with Crippen LogP contribution in [-0.2, 0) is 19.1 Å². The van der Waals surface area contributed by atoms with E-state index in [9.17, 15) is 9.59 Å². The number of nitrogens with one attached hydrogen (secondary N) is 1. The molecule has 1 aliphatic rings. The molecule has 0 aliphatic carbocycles. The Balaban J connectivity index is 2.94. The second-order valence-electron chi connectivity index (χ2n) is 4.35. The summed E-state index contributed by atoms with van der Waals surface area (Å²) in [6.07, 6.45) is 2.85. The van der Waals surface area contributed by atoms with E-state index < -0.39 is 5.97 Å². The molecule has 1 N–H and O–H groups in total. The molecule has 0 aromatic rings. The number of hydrogen-bond donors (Lipinski definition) is 1. The molecule has 1 aliphatic heterocycles. The van der Waals surface area contributed by atoms with Crippen molar-refractivity contribution in [1.29, 1.82) is 0 Å². The van der Waals surface area contributed by atoms with Gasteiger partial charge in [0.05, 0.1) is 18.8 Å². The zero-order valence-corrected chi connectivity index (χ0v) is 11.2. The van der Waals surface area contributed by atoms with Crippen molar-refractivity contribution in [3.05, 3.63) is 11.3 Å². The minimum absolute atomic E-state index is 0.0524. The van der Waals surface area contributed by atoms with Gasteiger partial charge in [-0.3, -0.25) is 4.79 Å². The van der Waals surface area contributed by atoms with Gasteiger partial charge in [-0.2, -0.15) is 0 Å². The van der Waals surface area contributed by atoms with Gasteiger partial charge in [0.25, 0.3) is 0 Å². The molecule has 18 heavy (non-hydrogen) atoms. The molecule has 1 rings (SSSR count). The maximum atomic E-state index is 11.8. The highest BCUT2D eigenvalue weighted by atomic mass is 16.5.